The van der Waals surface area contributed by atoms with Crippen LogP contribution < -0.4 is 5.32 Å². The molecular formula is C18H24FN5O. The monoisotopic (exact) mass is 345 g/mol. The second-order valence-corrected chi connectivity index (χ2v) is 6.28. The van der Waals surface area contributed by atoms with Crippen molar-refractivity contribution >= 4 is 11.7 Å². The molecule has 0 saturated carbocycles. The first-order valence-electron chi connectivity index (χ1n) is 8.49. The van der Waals surface area contributed by atoms with E-state index in [4.69, 9.17) is 10.7 Å². The van der Waals surface area contributed by atoms with E-state index in [9.17, 15) is 9.18 Å². The fraction of sp³-hybridized carbons (Fsp3) is 0.500. The lowest BCUT2D eigenvalue weighted by Crippen LogP contribution is -2.39. The minimum Gasteiger partial charge on any atom is -0.356 e. The lowest BCUT2D eigenvalue weighted by atomic mass is 9.89. The molecule has 25 heavy (non-hydrogen) atoms. The summed E-state index contributed by atoms with van der Waals surface area (Å²) in [5, 5.41) is 19.2. The van der Waals surface area contributed by atoms with Crippen molar-refractivity contribution < 1.29 is 9.18 Å². The number of halogens is 1. The lowest BCUT2D eigenvalue weighted by molar-refractivity contribution is 0.0839. The number of rotatable bonds is 6. The highest BCUT2D eigenvalue weighted by Gasteiger charge is 2.25. The van der Waals surface area contributed by atoms with Crippen LogP contribution in [0.3, 0.4) is 0 Å². The molecule has 0 amide bonds. The first-order chi connectivity index (χ1) is 12.0. The van der Waals surface area contributed by atoms with Crippen molar-refractivity contribution in [1.29, 1.82) is 10.7 Å². The Bertz CT molecular complexity index is 632. The molecule has 7 heteroatoms. The van der Waals surface area contributed by atoms with Gasteiger partial charge >= 0.3 is 0 Å². The predicted octanol–water partition coefficient (Wildman–Crippen LogP) is 2.05. The maximum atomic E-state index is 13.0. The summed E-state index contributed by atoms with van der Waals surface area (Å²) < 4.78 is 13.0. The van der Waals surface area contributed by atoms with Crippen molar-refractivity contribution in [1.82, 2.24) is 15.1 Å². The third-order valence-electron chi connectivity index (χ3n) is 4.52. The number of likely N-dealkylation sites (tertiary alicyclic amines) is 1. The highest BCUT2D eigenvalue weighted by atomic mass is 19.1. The third kappa shape index (κ3) is 5.54. The predicted molar refractivity (Wildman–Crippen MR) is 93.6 cm³/mol. The van der Waals surface area contributed by atoms with E-state index in [1.54, 1.807) is 12.1 Å². The Morgan fingerprint density at radius 1 is 1.40 bits per heavy atom. The van der Waals surface area contributed by atoms with Gasteiger partial charge < -0.3 is 10.2 Å². The van der Waals surface area contributed by atoms with Gasteiger partial charge in [0.1, 0.15) is 5.82 Å². The molecule has 0 aliphatic carbocycles. The molecule has 2 N–H and O–H groups in total. The van der Waals surface area contributed by atoms with Crippen LogP contribution in [0.5, 0.6) is 0 Å². The Balaban J connectivity index is 1.68. The smallest absolute Gasteiger partial charge is 0.204 e. The highest BCUT2D eigenvalue weighted by molar-refractivity contribution is 5.97. The quantitative estimate of drug-likeness (QED) is 0.206. The average molecular weight is 345 g/mol. The molecule has 1 aliphatic heterocycles. The molecule has 0 bridgehead atoms. The van der Waals surface area contributed by atoms with E-state index in [1.165, 1.54) is 24.1 Å². The molecule has 0 atom stereocenters. The molecule has 0 unspecified atom stereocenters. The van der Waals surface area contributed by atoms with E-state index in [1.807, 2.05) is 6.19 Å². The van der Waals surface area contributed by atoms with Gasteiger partial charge in [-0.05, 0) is 63.2 Å². The van der Waals surface area contributed by atoms with E-state index >= 15 is 0 Å². The van der Waals surface area contributed by atoms with Crippen molar-refractivity contribution in [2.45, 2.75) is 19.3 Å². The number of guanidine groups is 1. The molecule has 1 saturated heterocycles. The molecule has 1 aliphatic rings. The Hall–Kier alpha value is -2.46. The molecule has 1 aromatic rings. The maximum Gasteiger partial charge on any atom is 0.204 e. The number of Topliss-reactive ketones (excluding diaryl/α,β-unsaturated/α-hetero) is 1. The zero-order chi connectivity index (χ0) is 18.2. The molecule has 1 fully saturated rings. The second-order valence-electron chi connectivity index (χ2n) is 6.28. The Labute approximate surface area is 147 Å². The van der Waals surface area contributed by atoms with Gasteiger partial charge in [0, 0.05) is 25.1 Å². The minimum absolute atomic E-state index is 0.0114. The summed E-state index contributed by atoms with van der Waals surface area (Å²) in [6.07, 6.45) is 4.38. The first-order valence-corrected chi connectivity index (χ1v) is 8.49. The minimum atomic E-state index is -0.325. The fourth-order valence-corrected chi connectivity index (χ4v) is 2.95. The standard InChI is InChI=1S/C18H24FN5O/c1-23(13-20)18(21)22-9-2-10-24-11-7-15(8-12-24)17(25)14-3-5-16(19)6-4-14/h3-6,15H,2,7-12H2,1H3,(H2,21,22). The summed E-state index contributed by atoms with van der Waals surface area (Å²) in [6.45, 7) is 3.27. The van der Waals surface area contributed by atoms with Gasteiger partial charge in [0.15, 0.2) is 12.0 Å². The van der Waals surface area contributed by atoms with Gasteiger partial charge in [-0.3, -0.25) is 15.1 Å². The summed E-state index contributed by atoms with van der Waals surface area (Å²) in [4.78, 5) is 15.9. The second kappa shape index (κ2) is 9.14. The number of piperidine rings is 1. The van der Waals surface area contributed by atoms with E-state index < -0.39 is 0 Å². The van der Waals surface area contributed by atoms with E-state index in [0.717, 1.165) is 38.9 Å². The van der Waals surface area contributed by atoms with Crippen LogP contribution in [-0.2, 0) is 0 Å². The van der Waals surface area contributed by atoms with Crippen LogP contribution >= 0.6 is 0 Å². The van der Waals surface area contributed by atoms with Crippen LogP contribution in [0.15, 0.2) is 24.3 Å². The topological polar surface area (TPSA) is 83.2 Å². The third-order valence-corrected chi connectivity index (χ3v) is 4.52. The van der Waals surface area contributed by atoms with Crippen molar-refractivity contribution in [3.8, 4) is 6.19 Å². The fourth-order valence-electron chi connectivity index (χ4n) is 2.95. The van der Waals surface area contributed by atoms with Gasteiger partial charge in [0.05, 0.1) is 0 Å². The number of nitrogens with zero attached hydrogens (tertiary/aromatic N) is 3. The average Bonchev–Trinajstić information content (AvgIpc) is 2.65. The van der Waals surface area contributed by atoms with E-state index in [0.29, 0.717) is 12.1 Å². The summed E-state index contributed by atoms with van der Waals surface area (Å²) in [5.41, 5.74) is 0.587. The van der Waals surface area contributed by atoms with Gasteiger partial charge in [-0.15, -0.1) is 0 Å². The summed E-state index contributed by atoms with van der Waals surface area (Å²) in [7, 11) is 1.54. The van der Waals surface area contributed by atoms with Gasteiger partial charge in [0.2, 0.25) is 5.96 Å². The zero-order valence-corrected chi connectivity index (χ0v) is 14.5. The molecule has 134 valence electrons. The number of carbonyl (C=O) groups is 1. The van der Waals surface area contributed by atoms with Crippen molar-refractivity contribution in [2.75, 3.05) is 33.2 Å². The van der Waals surface area contributed by atoms with Crippen LogP contribution in [0.1, 0.15) is 29.6 Å². The van der Waals surface area contributed by atoms with Crippen LogP contribution in [0.2, 0.25) is 0 Å². The summed E-state index contributed by atoms with van der Waals surface area (Å²) in [6, 6.07) is 5.78. The number of carbonyl (C=O) groups excluding carboxylic acids is 1. The van der Waals surface area contributed by atoms with Crippen LogP contribution in [0.25, 0.3) is 0 Å². The van der Waals surface area contributed by atoms with Crippen molar-refractivity contribution in [2.24, 2.45) is 5.92 Å². The Morgan fingerprint density at radius 2 is 2.04 bits per heavy atom. The van der Waals surface area contributed by atoms with Gasteiger partial charge in [-0.25, -0.2) is 4.39 Å². The van der Waals surface area contributed by atoms with Crippen LogP contribution in [0.4, 0.5) is 4.39 Å². The van der Waals surface area contributed by atoms with Crippen molar-refractivity contribution in [3.63, 3.8) is 0 Å². The Morgan fingerprint density at radius 3 is 2.64 bits per heavy atom. The van der Waals surface area contributed by atoms with Crippen LogP contribution in [-0.4, -0.2) is 54.8 Å². The highest BCUT2D eigenvalue weighted by Crippen LogP contribution is 2.22. The number of hydrogen-bond donors (Lipinski definition) is 2. The molecule has 0 spiro atoms. The maximum absolute atomic E-state index is 13.0. The normalized spacial score (nSPS) is 15.4. The van der Waals surface area contributed by atoms with Crippen molar-refractivity contribution in [3.05, 3.63) is 35.6 Å². The summed E-state index contributed by atoms with van der Waals surface area (Å²) >= 11 is 0. The Kier molecular flexibility index (Phi) is 6.90. The van der Waals surface area contributed by atoms with Crippen LogP contribution in [0, 0.1) is 28.6 Å². The molecule has 2 rings (SSSR count). The number of ketones is 1. The molecule has 0 aromatic heterocycles. The molecule has 0 radical (unpaired) electrons. The number of nitriles is 1. The SMILES string of the molecule is CN(C#N)C(=N)NCCCN1CCC(C(=O)c2ccc(F)cc2)CC1. The molecule has 6 nitrogen and oxygen atoms in total. The van der Waals surface area contributed by atoms with Gasteiger partial charge in [-0.2, -0.15) is 5.26 Å². The molecular weight excluding hydrogens is 321 g/mol. The first kappa shape index (κ1) is 18.9. The van der Waals surface area contributed by atoms with E-state index in [-0.39, 0.29) is 23.5 Å². The molecule has 1 heterocycles. The number of nitrogens with one attached hydrogen (secondary N) is 2. The molecule has 1 aromatic carbocycles. The van der Waals surface area contributed by atoms with Gasteiger partial charge in [-0.1, -0.05) is 0 Å². The number of benzene rings is 1. The van der Waals surface area contributed by atoms with E-state index in [2.05, 4.69) is 10.2 Å². The lowest BCUT2D eigenvalue weighted by Gasteiger charge is -2.31. The largest absolute Gasteiger partial charge is 0.356 e. The zero-order valence-electron chi connectivity index (χ0n) is 14.5. The van der Waals surface area contributed by atoms with Gasteiger partial charge in [0.25, 0.3) is 0 Å². The summed E-state index contributed by atoms with van der Waals surface area (Å²) in [5.74, 6) is -0.105. The number of hydrogen-bond acceptors (Lipinski definition) is 4.